The number of likely N-dealkylation sites (tertiary alicyclic amines) is 1. The van der Waals surface area contributed by atoms with Crippen LogP contribution in [-0.2, 0) is 23.8 Å². The highest BCUT2D eigenvalue weighted by atomic mass is 16.5. The Balaban J connectivity index is 1.23. The van der Waals surface area contributed by atoms with E-state index in [1.54, 1.807) is 14.2 Å². The van der Waals surface area contributed by atoms with E-state index in [9.17, 15) is 9.59 Å². The summed E-state index contributed by atoms with van der Waals surface area (Å²) in [6.07, 6.45) is 12.3. The predicted molar refractivity (Wildman–Crippen MR) is 161 cm³/mol. The Morgan fingerprint density at radius 1 is 0.929 bits per heavy atom. The van der Waals surface area contributed by atoms with Crippen molar-refractivity contribution in [2.45, 2.75) is 121 Å². The summed E-state index contributed by atoms with van der Waals surface area (Å²) in [5, 5.41) is 7.09. The molecule has 0 radical (unpaired) electrons. The standard InChI is InChI=1S/C32H57N5O5/c1-20-6-5-16-37-29(20)35-30-25(32(37)39)19-24(28(33)36(30)17-14-21-7-10-23(40-2)11-8-21)31(38)34-15-13-22-9-12-26(41-3)27(18-22)42-4/h20-30,35H,5-19,33H2,1-4H3,(H,34,38). The minimum absolute atomic E-state index is 0.0117. The third kappa shape index (κ3) is 6.99. The average Bonchev–Trinajstić information content (AvgIpc) is 3.01. The van der Waals surface area contributed by atoms with Gasteiger partial charge in [-0.3, -0.25) is 19.8 Å². The van der Waals surface area contributed by atoms with Gasteiger partial charge in [-0.1, -0.05) is 6.92 Å². The van der Waals surface area contributed by atoms with E-state index in [0.29, 0.717) is 36.8 Å². The normalized spacial score (nSPS) is 41.2. The quantitative estimate of drug-likeness (QED) is 0.355. The summed E-state index contributed by atoms with van der Waals surface area (Å²) in [5.41, 5.74) is 6.97. The predicted octanol–water partition coefficient (Wildman–Crippen LogP) is 2.65. The monoisotopic (exact) mass is 591 g/mol. The summed E-state index contributed by atoms with van der Waals surface area (Å²) in [5.74, 6) is 1.06. The van der Waals surface area contributed by atoms with Gasteiger partial charge in [-0.05, 0) is 94.8 Å². The molecular formula is C32H57N5O5. The second kappa shape index (κ2) is 14.7. The van der Waals surface area contributed by atoms with Crippen LogP contribution in [0.15, 0.2) is 0 Å². The van der Waals surface area contributed by atoms with Gasteiger partial charge in [0, 0.05) is 41.0 Å². The Kier molecular flexibility index (Phi) is 11.2. The molecule has 3 saturated heterocycles. The van der Waals surface area contributed by atoms with E-state index in [2.05, 4.69) is 22.5 Å². The molecule has 10 nitrogen and oxygen atoms in total. The molecule has 5 fully saturated rings. The van der Waals surface area contributed by atoms with Gasteiger partial charge in [0.25, 0.3) is 0 Å². The first-order valence-corrected chi connectivity index (χ1v) is 16.8. The van der Waals surface area contributed by atoms with Crippen molar-refractivity contribution in [2.75, 3.05) is 41.0 Å². The summed E-state index contributed by atoms with van der Waals surface area (Å²) in [7, 11) is 5.32. The number of nitrogens with one attached hydrogen (secondary N) is 2. The van der Waals surface area contributed by atoms with Crippen LogP contribution in [0, 0.1) is 29.6 Å². The van der Waals surface area contributed by atoms with Crippen molar-refractivity contribution in [1.29, 1.82) is 0 Å². The zero-order valence-electron chi connectivity index (χ0n) is 26.5. The topological polar surface area (TPSA) is 118 Å². The molecular weight excluding hydrogens is 534 g/mol. The maximum atomic E-state index is 13.9. The number of rotatable bonds is 10. The molecule has 2 saturated carbocycles. The second-order valence-electron chi connectivity index (χ2n) is 13.9. The van der Waals surface area contributed by atoms with Crippen molar-refractivity contribution in [3.8, 4) is 0 Å². The molecule has 4 N–H and O–H groups in total. The van der Waals surface area contributed by atoms with Crippen molar-refractivity contribution in [2.24, 2.45) is 35.3 Å². The lowest BCUT2D eigenvalue weighted by Crippen LogP contribution is -2.75. The molecule has 3 aliphatic heterocycles. The molecule has 5 aliphatic rings. The van der Waals surface area contributed by atoms with Crippen LogP contribution in [0.5, 0.6) is 0 Å². The van der Waals surface area contributed by atoms with E-state index in [1.165, 1.54) is 0 Å². The number of carbonyl (C=O) groups excluding carboxylic acids is 2. The number of hydrogen-bond acceptors (Lipinski definition) is 8. The Bertz CT molecular complexity index is 901. The van der Waals surface area contributed by atoms with Gasteiger partial charge in [0.05, 0.1) is 48.6 Å². The fourth-order valence-electron chi connectivity index (χ4n) is 8.75. The number of nitrogens with zero attached hydrogens (tertiary/aromatic N) is 2. The summed E-state index contributed by atoms with van der Waals surface area (Å²) < 4.78 is 16.9. The number of fused-ring (bicyclic) bond motifs is 2. The van der Waals surface area contributed by atoms with Gasteiger partial charge in [-0.25, -0.2) is 0 Å². The maximum Gasteiger partial charge on any atom is 0.229 e. The molecule has 9 unspecified atom stereocenters. The van der Waals surface area contributed by atoms with Crippen molar-refractivity contribution in [3.05, 3.63) is 0 Å². The molecule has 0 bridgehead atoms. The molecule has 0 aromatic rings. The van der Waals surface area contributed by atoms with Gasteiger partial charge in [-0.2, -0.15) is 0 Å². The molecule has 3 heterocycles. The lowest BCUT2D eigenvalue weighted by molar-refractivity contribution is -0.165. The van der Waals surface area contributed by atoms with Gasteiger partial charge in [-0.15, -0.1) is 0 Å². The number of hydrogen-bond donors (Lipinski definition) is 3. The SMILES string of the molecule is COC1CCC(CCN2C(N)C(C(=O)NCCC3CCC(OC)C(OC)C3)CC3C(=O)N4CCCC(C)C4NC32)CC1. The first kappa shape index (κ1) is 32.1. The molecule has 240 valence electrons. The highest BCUT2D eigenvalue weighted by Crippen LogP contribution is 2.39. The summed E-state index contributed by atoms with van der Waals surface area (Å²) in [6, 6.07) is 0. The van der Waals surface area contributed by atoms with E-state index in [1.807, 2.05) is 12.0 Å². The van der Waals surface area contributed by atoms with Crippen LogP contribution in [0.4, 0.5) is 0 Å². The van der Waals surface area contributed by atoms with E-state index < -0.39 is 12.1 Å². The zero-order valence-corrected chi connectivity index (χ0v) is 26.5. The Hall–Kier alpha value is -1.30. The lowest BCUT2D eigenvalue weighted by Gasteiger charge is -2.56. The van der Waals surface area contributed by atoms with Crippen LogP contribution in [0.3, 0.4) is 0 Å². The number of amides is 2. The largest absolute Gasteiger partial charge is 0.381 e. The fourth-order valence-corrected chi connectivity index (χ4v) is 8.75. The van der Waals surface area contributed by atoms with Crippen LogP contribution in [0.25, 0.3) is 0 Å². The molecule has 5 rings (SSSR count). The molecule has 42 heavy (non-hydrogen) atoms. The van der Waals surface area contributed by atoms with Gasteiger partial charge in [0.2, 0.25) is 11.8 Å². The van der Waals surface area contributed by atoms with Crippen molar-refractivity contribution >= 4 is 11.8 Å². The van der Waals surface area contributed by atoms with E-state index in [-0.39, 0.29) is 42.3 Å². The highest BCUT2D eigenvalue weighted by molar-refractivity contribution is 5.84. The molecule has 2 amide bonds. The van der Waals surface area contributed by atoms with Crippen LogP contribution in [0.1, 0.15) is 84.0 Å². The van der Waals surface area contributed by atoms with E-state index in [4.69, 9.17) is 19.9 Å². The van der Waals surface area contributed by atoms with Gasteiger partial charge in [0.15, 0.2) is 0 Å². The van der Waals surface area contributed by atoms with E-state index >= 15 is 0 Å². The molecule has 0 aromatic heterocycles. The first-order valence-electron chi connectivity index (χ1n) is 16.8. The lowest BCUT2D eigenvalue weighted by atomic mass is 9.78. The van der Waals surface area contributed by atoms with Crippen molar-refractivity contribution < 1.29 is 23.8 Å². The summed E-state index contributed by atoms with van der Waals surface area (Å²) in [6.45, 7) is 4.46. The number of methoxy groups -OCH3 is 3. The number of piperidine rings is 2. The van der Waals surface area contributed by atoms with Crippen LogP contribution in [-0.4, -0.2) is 99.4 Å². The molecule has 2 aliphatic carbocycles. The van der Waals surface area contributed by atoms with Gasteiger partial charge < -0.3 is 30.2 Å². The third-order valence-electron chi connectivity index (χ3n) is 11.5. The minimum Gasteiger partial charge on any atom is -0.381 e. The fraction of sp³-hybridized carbons (Fsp3) is 0.938. The van der Waals surface area contributed by atoms with Crippen LogP contribution in [0.2, 0.25) is 0 Å². The molecule has 0 aromatic carbocycles. The number of carbonyl (C=O) groups is 2. The van der Waals surface area contributed by atoms with Gasteiger partial charge >= 0.3 is 0 Å². The molecule has 10 heteroatoms. The Morgan fingerprint density at radius 2 is 1.67 bits per heavy atom. The van der Waals surface area contributed by atoms with Crippen LogP contribution >= 0.6 is 0 Å². The van der Waals surface area contributed by atoms with Crippen LogP contribution < -0.4 is 16.4 Å². The minimum atomic E-state index is -0.415. The maximum absolute atomic E-state index is 13.9. The Morgan fingerprint density at radius 3 is 2.38 bits per heavy atom. The molecule has 9 atom stereocenters. The smallest absolute Gasteiger partial charge is 0.229 e. The zero-order chi connectivity index (χ0) is 29.8. The number of nitrogens with two attached hydrogens (primary N) is 1. The van der Waals surface area contributed by atoms with Crippen molar-refractivity contribution in [3.63, 3.8) is 0 Å². The Labute approximate surface area is 253 Å². The van der Waals surface area contributed by atoms with Crippen molar-refractivity contribution in [1.82, 2.24) is 20.4 Å². The molecule has 0 spiro atoms. The average molecular weight is 592 g/mol. The van der Waals surface area contributed by atoms with Gasteiger partial charge in [0.1, 0.15) is 0 Å². The third-order valence-corrected chi connectivity index (χ3v) is 11.5. The highest BCUT2D eigenvalue weighted by Gasteiger charge is 2.53. The summed E-state index contributed by atoms with van der Waals surface area (Å²) in [4.78, 5) is 31.9. The van der Waals surface area contributed by atoms with E-state index in [0.717, 1.165) is 83.7 Å². The number of ether oxygens (including phenoxy) is 3. The first-order chi connectivity index (χ1) is 20.3. The second-order valence-corrected chi connectivity index (χ2v) is 13.9. The summed E-state index contributed by atoms with van der Waals surface area (Å²) >= 11 is 0.